The van der Waals surface area contributed by atoms with E-state index >= 15 is 0 Å². The lowest BCUT2D eigenvalue weighted by Crippen LogP contribution is -2.25. The Bertz CT molecular complexity index is 457. The molecule has 1 heterocycles. The van der Waals surface area contributed by atoms with Crippen LogP contribution in [0.4, 0.5) is 0 Å². The van der Waals surface area contributed by atoms with E-state index in [1.54, 1.807) is 6.08 Å². The molecule has 20 heavy (non-hydrogen) atoms. The smallest absolute Gasteiger partial charge is 0.261 e. The van der Waals surface area contributed by atoms with Crippen molar-refractivity contribution < 1.29 is 4.79 Å². The summed E-state index contributed by atoms with van der Waals surface area (Å²) in [6, 6.07) is 5.76. The highest BCUT2D eigenvalue weighted by Crippen LogP contribution is 2.13. The van der Waals surface area contributed by atoms with E-state index in [9.17, 15) is 4.79 Å². The van der Waals surface area contributed by atoms with Crippen LogP contribution in [0, 0.1) is 11.3 Å². The molecule has 0 saturated carbocycles. The third-order valence-corrected chi connectivity index (χ3v) is 3.83. The van der Waals surface area contributed by atoms with Crippen LogP contribution in [0.5, 0.6) is 0 Å². The third-order valence-electron chi connectivity index (χ3n) is 3.01. The Balaban J connectivity index is 2.26. The number of hydrogen-bond acceptors (Lipinski definition) is 3. The first-order chi connectivity index (χ1) is 9.77. The van der Waals surface area contributed by atoms with Crippen LogP contribution in [0.15, 0.2) is 23.1 Å². The van der Waals surface area contributed by atoms with Crippen molar-refractivity contribution in [1.29, 1.82) is 5.26 Å². The monoisotopic (exact) mass is 290 g/mol. The summed E-state index contributed by atoms with van der Waals surface area (Å²) in [7, 11) is 0. The number of amides is 1. The molecule has 4 heteroatoms. The number of rotatable bonds is 9. The van der Waals surface area contributed by atoms with Gasteiger partial charge in [0.05, 0.1) is 0 Å². The van der Waals surface area contributed by atoms with Gasteiger partial charge in [0.2, 0.25) is 0 Å². The summed E-state index contributed by atoms with van der Waals surface area (Å²) in [5.74, 6) is -0.269. The standard InChI is InChI=1S/C16H22N2OS/c1-2-3-4-5-6-7-10-18-16(19)14(13-17)12-15-9-8-11-20-15/h8-9,11-12H,2-7,10H2,1H3,(H,18,19)/b14-12-. The largest absolute Gasteiger partial charge is 0.351 e. The highest BCUT2D eigenvalue weighted by molar-refractivity contribution is 7.10. The molecule has 0 spiro atoms. The number of nitrogens with one attached hydrogen (secondary N) is 1. The molecule has 108 valence electrons. The maximum Gasteiger partial charge on any atom is 0.261 e. The summed E-state index contributed by atoms with van der Waals surface area (Å²) in [5.41, 5.74) is 0.179. The Morgan fingerprint density at radius 3 is 2.75 bits per heavy atom. The second-order valence-electron chi connectivity index (χ2n) is 4.71. The van der Waals surface area contributed by atoms with Gasteiger partial charge >= 0.3 is 0 Å². The van der Waals surface area contributed by atoms with Crippen molar-refractivity contribution >= 4 is 23.3 Å². The van der Waals surface area contributed by atoms with Crippen LogP contribution < -0.4 is 5.32 Å². The summed E-state index contributed by atoms with van der Waals surface area (Å²) in [5, 5.41) is 13.8. The molecule has 0 bridgehead atoms. The molecule has 0 aromatic carbocycles. The fourth-order valence-corrected chi connectivity index (χ4v) is 2.52. The molecule has 1 aromatic rings. The van der Waals surface area contributed by atoms with Gasteiger partial charge in [-0.05, 0) is 23.9 Å². The fourth-order valence-electron chi connectivity index (χ4n) is 1.87. The van der Waals surface area contributed by atoms with Crippen LogP contribution in [0.2, 0.25) is 0 Å². The Morgan fingerprint density at radius 2 is 2.10 bits per heavy atom. The first-order valence-corrected chi connectivity index (χ1v) is 8.09. The molecule has 3 nitrogen and oxygen atoms in total. The van der Waals surface area contributed by atoms with Gasteiger partial charge in [-0.25, -0.2) is 0 Å². The molecular weight excluding hydrogens is 268 g/mol. The van der Waals surface area contributed by atoms with E-state index in [0.29, 0.717) is 6.54 Å². The molecule has 1 aromatic heterocycles. The van der Waals surface area contributed by atoms with Crippen LogP contribution in [0.25, 0.3) is 6.08 Å². The first-order valence-electron chi connectivity index (χ1n) is 7.21. The first kappa shape index (κ1) is 16.5. The minimum Gasteiger partial charge on any atom is -0.351 e. The van der Waals surface area contributed by atoms with Crippen molar-refractivity contribution in [3.05, 3.63) is 28.0 Å². The predicted molar refractivity (Wildman–Crippen MR) is 84.3 cm³/mol. The van der Waals surface area contributed by atoms with Crippen molar-refractivity contribution in [3.63, 3.8) is 0 Å². The summed E-state index contributed by atoms with van der Waals surface area (Å²) >= 11 is 1.52. The zero-order valence-electron chi connectivity index (χ0n) is 12.0. The number of hydrogen-bond donors (Lipinski definition) is 1. The van der Waals surface area contributed by atoms with Crippen LogP contribution >= 0.6 is 11.3 Å². The van der Waals surface area contributed by atoms with Crippen molar-refractivity contribution in [2.24, 2.45) is 0 Å². The maximum atomic E-state index is 11.8. The number of nitriles is 1. The van der Waals surface area contributed by atoms with E-state index in [-0.39, 0.29) is 11.5 Å². The van der Waals surface area contributed by atoms with Gasteiger partial charge in [-0.1, -0.05) is 45.1 Å². The molecule has 0 aliphatic rings. The van der Waals surface area contributed by atoms with Gasteiger partial charge in [-0.3, -0.25) is 4.79 Å². The zero-order valence-corrected chi connectivity index (χ0v) is 12.8. The highest BCUT2D eigenvalue weighted by Gasteiger charge is 2.08. The van der Waals surface area contributed by atoms with Gasteiger partial charge in [0.1, 0.15) is 11.6 Å². The Morgan fingerprint density at radius 1 is 1.35 bits per heavy atom. The molecule has 0 fully saturated rings. The molecule has 0 aliphatic carbocycles. The molecule has 1 N–H and O–H groups in total. The number of nitrogens with zero attached hydrogens (tertiary/aromatic N) is 1. The topological polar surface area (TPSA) is 52.9 Å². The van der Waals surface area contributed by atoms with Crippen molar-refractivity contribution in [3.8, 4) is 6.07 Å². The number of carbonyl (C=O) groups excluding carboxylic acids is 1. The number of unbranched alkanes of at least 4 members (excludes halogenated alkanes) is 5. The molecule has 1 amide bonds. The molecule has 0 saturated heterocycles. The number of thiophene rings is 1. The van der Waals surface area contributed by atoms with Crippen molar-refractivity contribution in [2.45, 2.75) is 45.4 Å². The average molecular weight is 290 g/mol. The van der Waals surface area contributed by atoms with Crippen molar-refractivity contribution in [1.82, 2.24) is 5.32 Å². The molecule has 0 atom stereocenters. The van der Waals surface area contributed by atoms with Gasteiger partial charge in [0.15, 0.2) is 0 Å². The van der Waals surface area contributed by atoms with Crippen LogP contribution in [-0.2, 0) is 4.79 Å². The second-order valence-corrected chi connectivity index (χ2v) is 5.69. The summed E-state index contributed by atoms with van der Waals surface area (Å²) in [6.07, 6.45) is 8.78. The zero-order chi connectivity index (χ0) is 14.6. The van der Waals surface area contributed by atoms with Crippen LogP contribution in [-0.4, -0.2) is 12.5 Å². The van der Waals surface area contributed by atoms with E-state index in [1.165, 1.54) is 37.0 Å². The van der Waals surface area contributed by atoms with E-state index in [2.05, 4.69) is 12.2 Å². The Kier molecular flexibility index (Phi) is 8.41. The van der Waals surface area contributed by atoms with Gasteiger partial charge in [-0.15, -0.1) is 11.3 Å². The quantitative estimate of drug-likeness (QED) is 0.422. The highest BCUT2D eigenvalue weighted by atomic mass is 32.1. The van der Waals surface area contributed by atoms with E-state index in [0.717, 1.165) is 17.7 Å². The van der Waals surface area contributed by atoms with Crippen LogP contribution in [0.1, 0.15) is 50.3 Å². The summed E-state index contributed by atoms with van der Waals surface area (Å²) in [4.78, 5) is 12.8. The minimum atomic E-state index is -0.269. The van der Waals surface area contributed by atoms with Crippen molar-refractivity contribution in [2.75, 3.05) is 6.54 Å². The normalized spacial score (nSPS) is 11.1. The third kappa shape index (κ3) is 6.53. The molecule has 0 aliphatic heterocycles. The van der Waals surface area contributed by atoms with Gasteiger partial charge in [0, 0.05) is 11.4 Å². The average Bonchev–Trinajstić information content (AvgIpc) is 2.96. The minimum absolute atomic E-state index is 0.179. The predicted octanol–water partition coefficient (Wildman–Crippen LogP) is 4.13. The lowest BCUT2D eigenvalue weighted by Gasteiger charge is -2.04. The van der Waals surface area contributed by atoms with Gasteiger partial charge in [0.25, 0.3) is 5.91 Å². The maximum absolute atomic E-state index is 11.8. The van der Waals surface area contributed by atoms with Crippen LogP contribution in [0.3, 0.4) is 0 Å². The van der Waals surface area contributed by atoms with Gasteiger partial charge < -0.3 is 5.32 Å². The lowest BCUT2D eigenvalue weighted by atomic mass is 10.1. The molecule has 0 unspecified atom stereocenters. The summed E-state index contributed by atoms with van der Waals surface area (Å²) < 4.78 is 0. The molecule has 0 radical (unpaired) electrons. The number of carbonyl (C=O) groups is 1. The van der Waals surface area contributed by atoms with E-state index in [4.69, 9.17) is 5.26 Å². The SMILES string of the molecule is CCCCCCCCNC(=O)/C(C#N)=C\c1cccs1. The van der Waals surface area contributed by atoms with E-state index < -0.39 is 0 Å². The lowest BCUT2D eigenvalue weighted by molar-refractivity contribution is -0.117. The van der Waals surface area contributed by atoms with Gasteiger partial charge in [-0.2, -0.15) is 5.26 Å². The van der Waals surface area contributed by atoms with E-state index in [1.807, 2.05) is 23.6 Å². The Hall–Kier alpha value is -1.60. The fraction of sp³-hybridized carbons (Fsp3) is 0.500. The second kappa shape index (κ2) is 10.2. The Labute approximate surface area is 125 Å². The summed E-state index contributed by atoms with van der Waals surface area (Å²) in [6.45, 7) is 2.85. The molecular formula is C16H22N2OS. The molecule has 1 rings (SSSR count).